The Balaban J connectivity index is 1.26. The zero-order valence-electron chi connectivity index (χ0n) is 18.2. The zero-order valence-corrected chi connectivity index (χ0v) is 18.2. The van der Waals surface area contributed by atoms with Crippen LogP contribution in [-0.4, -0.2) is 59.7 Å². The molecule has 5 rings (SSSR count). The molecule has 32 heavy (non-hydrogen) atoms. The lowest BCUT2D eigenvalue weighted by Gasteiger charge is -2.32. The summed E-state index contributed by atoms with van der Waals surface area (Å²) in [6.07, 6.45) is 2.44. The van der Waals surface area contributed by atoms with Gasteiger partial charge >= 0.3 is 0 Å². The van der Waals surface area contributed by atoms with Crippen LogP contribution in [0.3, 0.4) is 0 Å². The van der Waals surface area contributed by atoms with Crippen molar-refractivity contribution in [2.45, 2.75) is 31.9 Å². The second kappa shape index (κ2) is 9.63. The first kappa shape index (κ1) is 20.8. The summed E-state index contributed by atoms with van der Waals surface area (Å²) in [6, 6.07) is 18.2. The summed E-state index contributed by atoms with van der Waals surface area (Å²) in [5.74, 6) is 1.24. The molecule has 0 saturated carbocycles. The van der Waals surface area contributed by atoms with Gasteiger partial charge in [0.05, 0.1) is 30.2 Å². The van der Waals surface area contributed by atoms with Crippen LogP contribution < -0.4 is 10.2 Å². The second-order valence-corrected chi connectivity index (χ2v) is 8.54. The van der Waals surface area contributed by atoms with Crippen molar-refractivity contribution in [1.29, 1.82) is 0 Å². The van der Waals surface area contributed by atoms with E-state index in [1.54, 1.807) is 0 Å². The smallest absolute Gasteiger partial charge is 0.228 e. The molecule has 2 aliphatic heterocycles. The number of carbonyl (C=O) groups excluding carboxylic acids is 1. The topological polar surface area (TPSA) is 70.6 Å². The van der Waals surface area contributed by atoms with Gasteiger partial charge in [0.25, 0.3) is 0 Å². The number of carbonyl (C=O) groups is 1. The van der Waals surface area contributed by atoms with Crippen molar-refractivity contribution in [1.82, 2.24) is 14.9 Å². The van der Waals surface area contributed by atoms with Crippen LogP contribution >= 0.6 is 0 Å². The summed E-state index contributed by atoms with van der Waals surface area (Å²) in [5.41, 5.74) is 2.91. The van der Waals surface area contributed by atoms with E-state index < -0.39 is 0 Å². The molecule has 7 nitrogen and oxygen atoms in total. The molecule has 0 radical (unpaired) electrons. The number of para-hydroxylation sites is 2. The van der Waals surface area contributed by atoms with Gasteiger partial charge in [0.2, 0.25) is 5.91 Å². The molecule has 0 aliphatic carbocycles. The van der Waals surface area contributed by atoms with Gasteiger partial charge in [-0.3, -0.25) is 9.69 Å². The minimum atomic E-state index is -0.129. The zero-order chi connectivity index (χ0) is 21.8. The van der Waals surface area contributed by atoms with Crippen molar-refractivity contribution in [3.63, 3.8) is 0 Å². The third-order valence-electron chi connectivity index (χ3n) is 6.10. The summed E-state index contributed by atoms with van der Waals surface area (Å²) < 4.78 is 5.91. The largest absolute Gasteiger partial charge is 0.375 e. The maximum Gasteiger partial charge on any atom is 0.228 e. The number of benzene rings is 2. The number of nitrogens with zero attached hydrogens (tertiary/aromatic N) is 4. The molecule has 3 aromatic rings. The Morgan fingerprint density at radius 3 is 2.47 bits per heavy atom. The van der Waals surface area contributed by atoms with Gasteiger partial charge < -0.3 is 15.0 Å². The van der Waals surface area contributed by atoms with Crippen molar-refractivity contribution in [2.24, 2.45) is 0 Å². The van der Waals surface area contributed by atoms with Crippen molar-refractivity contribution >= 4 is 28.6 Å². The molecule has 0 spiro atoms. The normalized spacial score (nSPS) is 19.4. The number of fused-ring (bicyclic) bond motifs is 1. The van der Waals surface area contributed by atoms with Crippen molar-refractivity contribution in [3.8, 4) is 0 Å². The summed E-state index contributed by atoms with van der Waals surface area (Å²) >= 11 is 0. The monoisotopic (exact) mass is 431 g/mol. The molecule has 2 fully saturated rings. The fraction of sp³-hybridized carbons (Fsp3) is 0.400. The quantitative estimate of drug-likeness (QED) is 0.645. The SMILES string of the molecule is O=C(CC1CN(Cc2ccccc2)CCO1)Nc1nc2ccccc2nc1N1CCCC1. The van der Waals surface area contributed by atoms with Crippen LogP contribution in [0.25, 0.3) is 11.0 Å². The molecule has 2 saturated heterocycles. The lowest BCUT2D eigenvalue weighted by atomic mass is 10.1. The van der Waals surface area contributed by atoms with Gasteiger partial charge in [-0.1, -0.05) is 42.5 Å². The predicted octanol–water partition coefficient (Wildman–Crippen LogP) is 3.46. The predicted molar refractivity (Wildman–Crippen MR) is 126 cm³/mol. The van der Waals surface area contributed by atoms with Gasteiger partial charge in [-0.05, 0) is 30.5 Å². The number of morpholine rings is 1. The highest BCUT2D eigenvalue weighted by Gasteiger charge is 2.25. The maximum atomic E-state index is 13.0. The van der Waals surface area contributed by atoms with Gasteiger partial charge in [-0.25, -0.2) is 9.97 Å². The number of nitrogens with one attached hydrogen (secondary N) is 1. The van der Waals surface area contributed by atoms with Crippen LogP contribution in [0.15, 0.2) is 54.6 Å². The molecule has 0 bridgehead atoms. The molecule has 1 N–H and O–H groups in total. The average Bonchev–Trinajstić information content (AvgIpc) is 3.34. The standard InChI is InChI=1S/C25H29N5O2/c31-23(16-20-18-29(14-15-32-20)17-19-8-2-1-3-9-19)28-24-25(30-12-6-7-13-30)27-22-11-5-4-10-21(22)26-24/h1-5,8-11,20H,6-7,12-18H2,(H,26,28,31). The van der Waals surface area contributed by atoms with Gasteiger partial charge in [0, 0.05) is 32.7 Å². The number of aromatic nitrogens is 2. The Bertz CT molecular complexity index is 1070. The molecule has 1 atom stereocenters. The maximum absolute atomic E-state index is 13.0. The molecule has 7 heteroatoms. The molecule has 1 amide bonds. The number of ether oxygens (including phenoxy) is 1. The molecule has 3 heterocycles. The van der Waals surface area contributed by atoms with E-state index in [1.807, 2.05) is 30.3 Å². The number of rotatable bonds is 6. The van der Waals surface area contributed by atoms with E-state index >= 15 is 0 Å². The Hall–Kier alpha value is -3.03. The van der Waals surface area contributed by atoms with Gasteiger partial charge in [-0.15, -0.1) is 0 Å². The Morgan fingerprint density at radius 2 is 1.69 bits per heavy atom. The van der Waals surface area contributed by atoms with E-state index in [1.165, 1.54) is 5.56 Å². The van der Waals surface area contributed by atoms with Crippen LogP contribution in [-0.2, 0) is 16.1 Å². The second-order valence-electron chi connectivity index (χ2n) is 8.54. The van der Waals surface area contributed by atoms with Crippen LogP contribution in [0.2, 0.25) is 0 Å². The molecular formula is C25H29N5O2. The molecule has 1 aromatic heterocycles. The van der Waals surface area contributed by atoms with Crippen LogP contribution in [0.5, 0.6) is 0 Å². The molecule has 2 aromatic carbocycles. The van der Waals surface area contributed by atoms with Crippen LogP contribution in [0, 0.1) is 0 Å². The highest BCUT2D eigenvalue weighted by atomic mass is 16.5. The van der Waals surface area contributed by atoms with Crippen LogP contribution in [0.1, 0.15) is 24.8 Å². The number of anilines is 2. The van der Waals surface area contributed by atoms with Crippen molar-refractivity contribution in [3.05, 3.63) is 60.2 Å². The number of hydrogen-bond acceptors (Lipinski definition) is 6. The van der Waals surface area contributed by atoms with Crippen molar-refractivity contribution < 1.29 is 9.53 Å². The Kier molecular flexibility index (Phi) is 6.27. The third kappa shape index (κ3) is 4.89. The number of hydrogen-bond donors (Lipinski definition) is 1. The average molecular weight is 432 g/mol. The summed E-state index contributed by atoms with van der Waals surface area (Å²) in [7, 11) is 0. The van der Waals surface area contributed by atoms with E-state index in [-0.39, 0.29) is 12.0 Å². The van der Waals surface area contributed by atoms with E-state index in [9.17, 15) is 4.79 Å². The Morgan fingerprint density at radius 1 is 0.969 bits per heavy atom. The van der Waals surface area contributed by atoms with Gasteiger partial charge in [0.15, 0.2) is 11.6 Å². The summed E-state index contributed by atoms with van der Waals surface area (Å²) in [6.45, 7) is 5.01. The summed E-state index contributed by atoms with van der Waals surface area (Å²) in [5, 5.41) is 3.04. The fourth-order valence-electron chi connectivity index (χ4n) is 4.50. The molecule has 2 aliphatic rings. The van der Waals surface area contributed by atoms with Crippen molar-refractivity contribution in [2.75, 3.05) is 43.0 Å². The fourth-order valence-corrected chi connectivity index (χ4v) is 4.50. The highest BCUT2D eigenvalue weighted by molar-refractivity contribution is 5.94. The first-order valence-electron chi connectivity index (χ1n) is 11.4. The molecular weight excluding hydrogens is 402 g/mol. The Labute approximate surface area is 188 Å². The van der Waals surface area contributed by atoms with Gasteiger partial charge in [0.1, 0.15) is 0 Å². The highest BCUT2D eigenvalue weighted by Crippen LogP contribution is 2.28. The van der Waals surface area contributed by atoms with E-state index in [2.05, 4.69) is 39.4 Å². The first-order chi connectivity index (χ1) is 15.7. The lowest BCUT2D eigenvalue weighted by Crippen LogP contribution is -2.43. The van der Waals surface area contributed by atoms with Crippen LogP contribution in [0.4, 0.5) is 11.6 Å². The van der Waals surface area contributed by atoms with E-state index in [0.29, 0.717) is 18.8 Å². The minimum absolute atomic E-state index is 0.0819. The first-order valence-corrected chi connectivity index (χ1v) is 11.4. The van der Waals surface area contributed by atoms with E-state index in [4.69, 9.17) is 14.7 Å². The number of amides is 1. The van der Waals surface area contributed by atoms with E-state index in [0.717, 1.165) is 62.4 Å². The third-order valence-corrected chi connectivity index (χ3v) is 6.10. The lowest BCUT2D eigenvalue weighted by molar-refractivity contribution is -0.121. The van der Waals surface area contributed by atoms with Gasteiger partial charge in [-0.2, -0.15) is 0 Å². The summed E-state index contributed by atoms with van der Waals surface area (Å²) in [4.78, 5) is 27.1. The molecule has 1 unspecified atom stereocenters. The molecule has 166 valence electrons. The minimum Gasteiger partial charge on any atom is -0.375 e.